The van der Waals surface area contributed by atoms with Gasteiger partial charge in [0.15, 0.2) is 0 Å². The van der Waals surface area contributed by atoms with Gasteiger partial charge in [-0.25, -0.2) is 8.78 Å². The third-order valence-corrected chi connectivity index (χ3v) is 5.20. The maximum Gasteiger partial charge on any atom is 0.253 e. The molecule has 4 nitrogen and oxygen atoms in total. The number of nitrogens with zero attached hydrogens (tertiary/aromatic N) is 2. The minimum absolute atomic E-state index is 0.0826. The van der Waals surface area contributed by atoms with Gasteiger partial charge in [0.2, 0.25) is 0 Å². The average molecular weight is 372 g/mol. The maximum atomic E-state index is 13.3. The quantitative estimate of drug-likeness (QED) is 0.784. The second-order valence-corrected chi connectivity index (χ2v) is 7.17. The van der Waals surface area contributed by atoms with E-state index in [0.29, 0.717) is 17.9 Å². The van der Waals surface area contributed by atoms with Crippen LogP contribution in [0.5, 0.6) is 5.75 Å². The average Bonchev–Trinajstić information content (AvgIpc) is 2.67. The van der Waals surface area contributed by atoms with Crippen molar-refractivity contribution in [2.24, 2.45) is 0 Å². The van der Waals surface area contributed by atoms with E-state index in [-0.39, 0.29) is 31.8 Å². The molecule has 0 aromatic heterocycles. The summed E-state index contributed by atoms with van der Waals surface area (Å²) in [5.74, 6) is -2.23. The van der Waals surface area contributed by atoms with E-state index >= 15 is 0 Å². The lowest BCUT2D eigenvalue weighted by molar-refractivity contribution is -0.0494. The molecule has 27 heavy (non-hydrogen) atoms. The van der Waals surface area contributed by atoms with Gasteiger partial charge in [-0.05, 0) is 37.3 Å². The van der Waals surface area contributed by atoms with Crippen LogP contribution in [-0.2, 0) is 0 Å². The Morgan fingerprint density at radius 3 is 2.44 bits per heavy atom. The number of likely N-dealkylation sites (tertiary alicyclic amines) is 1. The highest BCUT2D eigenvalue weighted by Crippen LogP contribution is 2.38. The number of piperidine rings is 1. The summed E-state index contributed by atoms with van der Waals surface area (Å²) < 4.78 is 32.4. The van der Waals surface area contributed by atoms with Crippen molar-refractivity contribution in [1.82, 2.24) is 4.90 Å². The number of aryl methyl sites for hydroxylation is 1. The second kappa shape index (κ2) is 6.83. The fourth-order valence-corrected chi connectivity index (χ4v) is 3.57. The number of benzene rings is 2. The smallest absolute Gasteiger partial charge is 0.253 e. The molecule has 2 aliphatic heterocycles. The highest BCUT2D eigenvalue weighted by molar-refractivity contribution is 5.95. The van der Waals surface area contributed by atoms with Gasteiger partial charge in [-0.1, -0.05) is 17.7 Å². The van der Waals surface area contributed by atoms with Gasteiger partial charge in [0.05, 0.1) is 12.2 Å². The molecule has 0 aliphatic carbocycles. The van der Waals surface area contributed by atoms with E-state index in [4.69, 9.17) is 4.74 Å². The van der Waals surface area contributed by atoms with Crippen molar-refractivity contribution in [1.29, 1.82) is 0 Å². The first kappa shape index (κ1) is 17.8. The predicted octanol–water partition coefficient (Wildman–Crippen LogP) is 4.40. The number of carbonyl (C=O) groups is 1. The predicted molar refractivity (Wildman–Crippen MR) is 100 cm³/mol. The summed E-state index contributed by atoms with van der Waals surface area (Å²) in [4.78, 5) is 16.4. The fraction of sp³-hybridized carbons (Fsp3) is 0.381. The topological polar surface area (TPSA) is 32.8 Å². The van der Waals surface area contributed by atoms with Gasteiger partial charge in [0.1, 0.15) is 12.4 Å². The third-order valence-electron chi connectivity index (χ3n) is 5.20. The molecule has 2 aromatic rings. The second-order valence-electron chi connectivity index (χ2n) is 7.17. The van der Waals surface area contributed by atoms with Crippen molar-refractivity contribution in [2.45, 2.75) is 25.7 Å². The van der Waals surface area contributed by atoms with E-state index in [1.165, 1.54) is 10.5 Å². The first-order chi connectivity index (χ1) is 12.9. The fourth-order valence-electron chi connectivity index (χ4n) is 3.57. The molecule has 142 valence electrons. The normalized spacial score (nSPS) is 18.6. The van der Waals surface area contributed by atoms with Crippen LogP contribution in [0.15, 0.2) is 42.5 Å². The van der Waals surface area contributed by atoms with E-state index in [2.05, 4.69) is 29.2 Å². The van der Waals surface area contributed by atoms with Crippen LogP contribution in [0.1, 0.15) is 28.8 Å². The number of rotatable bonds is 2. The number of alkyl halides is 2. The van der Waals surface area contributed by atoms with Gasteiger partial charge in [0.25, 0.3) is 11.8 Å². The van der Waals surface area contributed by atoms with Crippen LogP contribution in [0.3, 0.4) is 0 Å². The van der Waals surface area contributed by atoms with Gasteiger partial charge in [-0.15, -0.1) is 0 Å². The minimum atomic E-state index is -2.66. The summed E-state index contributed by atoms with van der Waals surface area (Å²) in [5, 5.41) is 0. The van der Waals surface area contributed by atoms with Crippen molar-refractivity contribution in [2.75, 3.05) is 31.1 Å². The van der Waals surface area contributed by atoms with Crippen molar-refractivity contribution < 1.29 is 18.3 Å². The van der Waals surface area contributed by atoms with Gasteiger partial charge in [-0.3, -0.25) is 4.79 Å². The number of hydrogen-bond donors (Lipinski definition) is 0. The number of amides is 1. The Kier molecular flexibility index (Phi) is 4.50. The van der Waals surface area contributed by atoms with Gasteiger partial charge >= 0.3 is 0 Å². The first-order valence-corrected chi connectivity index (χ1v) is 9.21. The Labute approximate surface area is 157 Å². The maximum absolute atomic E-state index is 13.3. The lowest BCUT2D eigenvalue weighted by Gasteiger charge is -2.33. The molecule has 4 rings (SSSR count). The van der Waals surface area contributed by atoms with Crippen molar-refractivity contribution in [3.8, 4) is 5.75 Å². The monoisotopic (exact) mass is 372 g/mol. The number of fused-ring (bicyclic) bond motifs is 1. The molecule has 0 N–H and O–H groups in total. The number of halogens is 2. The molecule has 2 aliphatic rings. The van der Waals surface area contributed by atoms with E-state index in [1.807, 2.05) is 13.0 Å². The van der Waals surface area contributed by atoms with Crippen LogP contribution in [0.2, 0.25) is 0 Å². The molecule has 0 radical (unpaired) electrons. The van der Waals surface area contributed by atoms with Crippen molar-refractivity contribution >= 4 is 17.3 Å². The molecule has 0 spiro atoms. The summed E-state index contributed by atoms with van der Waals surface area (Å²) >= 11 is 0. The SMILES string of the molecule is Cc1ccc(N2CCOc3cc(C(=O)N4CCC(F)(F)CC4)ccc32)cc1. The Bertz CT molecular complexity index is 842. The zero-order valence-electron chi connectivity index (χ0n) is 15.3. The molecule has 1 fully saturated rings. The molecule has 1 saturated heterocycles. The van der Waals surface area contributed by atoms with E-state index in [9.17, 15) is 13.6 Å². The Morgan fingerprint density at radius 1 is 1.04 bits per heavy atom. The van der Waals surface area contributed by atoms with Crippen molar-refractivity contribution in [3.05, 3.63) is 53.6 Å². The van der Waals surface area contributed by atoms with Gasteiger partial charge in [-0.2, -0.15) is 0 Å². The highest BCUT2D eigenvalue weighted by atomic mass is 19.3. The lowest BCUT2D eigenvalue weighted by atomic mass is 10.0. The largest absolute Gasteiger partial charge is 0.490 e. The molecule has 0 atom stereocenters. The summed E-state index contributed by atoms with van der Waals surface area (Å²) in [6.45, 7) is 3.46. The van der Waals surface area contributed by atoms with E-state index in [0.717, 1.165) is 17.9 Å². The van der Waals surface area contributed by atoms with Crippen molar-refractivity contribution in [3.63, 3.8) is 0 Å². The zero-order valence-corrected chi connectivity index (χ0v) is 15.3. The zero-order chi connectivity index (χ0) is 19.0. The summed E-state index contributed by atoms with van der Waals surface area (Å²) in [5.41, 5.74) is 3.65. The number of carbonyl (C=O) groups excluding carboxylic acids is 1. The molecular formula is C21H22F2N2O2. The van der Waals surface area contributed by atoms with Gasteiger partial charge in [0, 0.05) is 37.2 Å². The highest BCUT2D eigenvalue weighted by Gasteiger charge is 2.36. The van der Waals surface area contributed by atoms with Crippen LogP contribution in [0, 0.1) is 6.92 Å². The molecule has 0 unspecified atom stereocenters. The van der Waals surface area contributed by atoms with E-state index in [1.54, 1.807) is 12.1 Å². The molecule has 2 heterocycles. The van der Waals surface area contributed by atoms with Crippen LogP contribution in [0.25, 0.3) is 0 Å². The number of anilines is 2. The third kappa shape index (κ3) is 3.61. The van der Waals surface area contributed by atoms with Crippen LogP contribution in [-0.4, -0.2) is 43.0 Å². The van der Waals surface area contributed by atoms with Crippen LogP contribution >= 0.6 is 0 Å². The number of ether oxygens (including phenoxy) is 1. The minimum Gasteiger partial charge on any atom is -0.490 e. The summed E-state index contributed by atoms with van der Waals surface area (Å²) in [7, 11) is 0. The Morgan fingerprint density at radius 2 is 1.74 bits per heavy atom. The molecule has 6 heteroatoms. The standard InChI is InChI=1S/C21H22F2N2O2/c1-15-2-5-17(6-3-15)25-12-13-27-19-14-16(4-7-18(19)25)20(26)24-10-8-21(22,23)9-11-24/h2-7,14H,8-13H2,1H3. The van der Waals surface area contributed by atoms with E-state index < -0.39 is 5.92 Å². The Hall–Kier alpha value is -2.63. The molecule has 2 aromatic carbocycles. The Balaban J connectivity index is 1.56. The van der Waals surface area contributed by atoms with Crippen LogP contribution < -0.4 is 9.64 Å². The van der Waals surface area contributed by atoms with Crippen LogP contribution in [0.4, 0.5) is 20.2 Å². The first-order valence-electron chi connectivity index (χ1n) is 9.21. The van der Waals surface area contributed by atoms with Gasteiger partial charge < -0.3 is 14.5 Å². The molecule has 1 amide bonds. The molecule has 0 bridgehead atoms. The lowest BCUT2D eigenvalue weighted by Crippen LogP contribution is -2.42. The summed E-state index contributed by atoms with van der Waals surface area (Å²) in [6.07, 6.45) is -0.553. The molecule has 0 saturated carbocycles. The summed E-state index contributed by atoms with van der Waals surface area (Å²) in [6, 6.07) is 13.6. The number of hydrogen-bond acceptors (Lipinski definition) is 3. The molecular weight excluding hydrogens is 350 g/mol.